The molecule has 14 heavy (non-hydrogen) atoms. The maximum atomic E-state index is 10.8. The van der Waals surface area contributed by atoms with Crippen molar-refractivity contribution in [1.82, 2.24) is 0 Å². The Morgan fingerprint density at radius 1 is 1.64 bits per heavy atom. The van der Waals surface area contributed by atoms with Gasteiger partial charge in [0.25, 0.3) is 0 Å². The summed E-state index contributed by atoms with van der Waals surface area (Å²) in [5, 5.41) is 9.28. The van der Waals surface area contributed by atoms with Crippen LogP contribution >= 0.6 is 27.5 Å². The van der Waals surface area contributed by atoms with Crippen molar-refractivity contribution in [2.75, 3.05) is 6.54 Å². The molecule has 0 saturated carbocycles. The molecule has 0 aliphatic carbocycles. The Morgan fingerprint density at radius 3 is 2.71 bits per heavy atom. The van der Waals surface area contributed by atoms with Crippen LogP contribution in [0.25, 0.3) is 0 Å². The van der Waals surface area contributed by atoms with Crippen molar-refractivity contribution in [2.45, 2.75) is 5.92 Å². The van der Waals surface area contributed by atoms with E-state index in [2.05, 4.69) is 15.9 Å². The van der Waals surface area contributed by atoms with Crippen LogP contribution in [0.4, 0.5) is 0 Å². The second kappa shape index (κ2) is 4.77. The molecule has 0 bridgehead atoms. The van der Waals surface area contributed by atoms with Gasteiger partial charge >= 0.3 is 5.97 Å². The fraction of sp³-hybridized carbons (Fsp3) is 0.222. The zero-order valence-electron chi connectivity index (χ0n) is 7.21. The van der Waals surface area contributed by atoms with Crippen LogP contribution < -0.4 is 5.73 Å². The molecule has 1 atom stereocenters. The van der Waals surface area contributed by atoms with Crippen molar-refractivity contribution >= 4 is 33.5 Å². The number of hydrogen-bond donors (Lipinski definition) is 2. The second-order valence-corrected chi connectivity index (χ2v) is 4.12. The van der Waals surface area contributed by atoms with Crippen LogP contribution in [0.3, 0.4) is 0 Å². The molecule has 0 aliphatic heterocycles. The Hall–Kier alpha value is -0.580. The van der Waals surface area contributed by atoms with Gasteiger partial charge in [0, 0.05) is 16.0 Å². The summed E-state index contributed by atoms with van der Waals surface area (Å²) in [6, 6.07) is 5.06. The molecule has 1 unspecified atom stereocenters. The van der Waals surface area contributed by atoms with Gasteiger partial charge in [-0.15, -0.1) is 0 Å². The molecular weight excluding hydrogens is 269 g/mol. The summed E-state index contributed by atoms with van der Waals surface area (Å²) < 4.78 is 0.812. The van der Waals surface area contributed by atoms with Gasteiger partial charge in [0.05, 0.1) is 5.92 Å². The van der Waals surface area contributed by atoms with Crippen molar-refractivity contribution in [1.29, 1.82) is 0 Å². The van der Waals surface area contributed by atoms with E-state index in [9.17, 15) is 4.79 Å². The lowest BCUT2D eigenvalue weighted by Gasteiger charge is -2.11. The van der Waals surface area contributed by atoms with E-state index < -0.39 is 11.9 Å². The quantitative estimate of drug-likeness (QED) is 0.891. The van der Waals surface area contributed by atoms with Gasteiger partial charge < -0.3 is 10.8 Å². The normalized spacial score (nSPS) is 12.5. The van der Waals surface area contributed by atoms with Gasteiger partial charge in [-0.05, 0) is 17.7 Å². The Balaban J connectivity index is 3.10. The molecule has 1 aromatic rings. The summed E-state index contributed by atoms with van der Waals surface area (Å²) in [6.07, 6.45) is 0. The van der Waals surface area contributed by atoms with Crippen LogP contribution in [0.2, 0.25) is 5.02 Å². The maximum Gasteiger partial charge on any atom is 0.312 e. The van der Waals surface area contributed by atoms with Gasteiger partial charge in [0.15, 0.2) is 0 Å². The molecule has 3 N–H and O–H groups in total. The molecule has 3 nitrogen and oxygen atoms in total. The Bertz CT molecular complexity index is 357. The third-order valence-corrected chi connectivity index (χ3v) is 2.69. The molecule has 0 saturated heterocycles. The first-order chi connectivity index (χ1) is 6.56. The van der Waals surface area contributed by atoms with Crippen LogP contribution in [-0.2, 0) is 4.79 Å². The van der Waals surface area contributed by atoms with E-state index in [4.69, 9.17) is 22.4 Å². The largest absolute Gasteiger partial charge is 0.481 e. The molecule has 0 radical (unpaired) electrons. The van der Waals surface area contributed by atoms with Crippen molar-refractivity contribution < 1.29 is 9.90 Å². The van der Waals surface area contributed by atoms with Gasteiger partial charge in [-0.1, -0.05) is 33.6 Å². The standard InChI is InChI=1S/C9H9BrClNO2/c10-5-1-2-6(8(11)3-5)7(4-12)9(13)14/h1-3,7H,4,12H2,(H,13,14). The lowest BCUT2D eigenvalue weighted by atomic mass is 10.00. The van der Waals surface area contributed by atoms with E-state index in [0.717, 1.165) is 4.47 Å². The molecule has 1 aromatic carbocycles. The topological polar surface area (TPSA) is 63.3 Å². The van der Waals surface area contributed by atoms with Crippen molar-refractivity contribution in [3.63, 3.8) is 0 Å². The molecule has 0 spiro atoms. The van der Waals surface area contributed by atoms with Gasteiger partial charge in [-0.25, -0.2) is 0 Å². The number of benzene rings is 1. The summed E-state index contributed by atoms with van der Waals surface area (Å²) in [6.45, 7) is 0.0384. The number of halogens is 2. The predicted octanol–water partition coefficient (Wildman–Crippen LogP) is 2.23. The molecule has 76 valence electrons. The van der Waals surface area contributed by atoms with Crippen LogP contribution in [0, 0.1) is 0 Å². The van der Waals surface area contributed by atoms with Crippen LogP contribution in [0.15, 0.2) is 22.7 Å². The SMILES string of the molecule is NCC(C(=O)O)c1ccc(Br)cc1Cl. The summed E-state index contributed by atoms with van der Waals surface area (Å²) in [7, 11) is 0. The fourth-order valence-corrected chi connectivity index (χ4v) is 1.95. The summed E-state index contributed by atoms with van der Waals surface area (Å²) in [4.78, 5) is 10.8. The average Bonchev–Trinajstić information content (AvgIpc) is 2.09. The fourth-order valence-electron chi connectivity index (χ4n) is 1.14. The van der Waals surface area contributed by atoms with E-state index in [1.165, 1.54) is 0 Å². The van der Waals surface area contributed by atoms with E-state index in [0.29, 0.717) is 10.6 Å². The highest BCUT2D eigenvalue weighted by atomic mass is 79.9. The smallest absolute Gasteiger partial charge is 0.312 e. The lowest BCUT2D eigenvalue weighted by Crippen LogP contribution is -2.21. The minimum absolute atomic E-state index is 0.0384. The first-order valence-electron chi connectivity index (χ1n) is 3.94. The van der Waals surface area contributed by atoms with Crippen molar-refractivity contribution in [3.05, 3.63) is 33.3 Å². The highest BCUT2D eigenvalue weighted by Crippen LogP contribution is 2.27. The number of rotatable bonds is 3. The molecular formula is C9H9BrClNO2. The summed E-state index contributed by atoms with van der Waals surface area (Å²) in [5.74, 6) is -1.70. The maximum absolute atomic E-state index is 10.8. The Morgan fingerprint density at radius 2 is 2.29 bits per heavy atom. The second-order valence-electron chi connectivity index (χ2n) is 2.79. The van der Waals surface area contributed by atoms with E-state index in [-0.39, 0.29) is 6.54 Å². The Labute approximate surface area is 95.0 Å². The lowest BCUT2D eigenvalue weighted by molar-refractivity contribution is -0.138. The molecule has 1 rings (SSSR count). The molecule has 0 amide bonds. The highest BCUT2D eigenvalue weighted by Gasteiger charge is 2.20. The minimum atomic E-state index is -0.961. The number of carbonyl (C=O) groups is 1. The number of carboxylic acid groups (broad SMARTS) is 1. The molecule has 0 aliphatic rings. The zero-order valence-corrected chi connectivity index (χ0v) is 9.55. The number of carboxylic acids is 1. The molecule has 0 heterocycles. The number of nitrogens with two attached hydrogens (primary N) is 1. The van der Waals surface area contributed by atoms with E-state index >= 15 is 0 Å². The Kier molecular flexibility index (Phi) is 3.92. The molecule has 0 fully saturated rings. The summed E-state index contributed by atoms with van der Waals surface area (Å²) >= 11 is 9.14. The third kappa shape index (κ3) is 2.47. The third-order valence-electron chi connectivity index (χ3n) is 1.87. The number of aliphatic carboxylic acids is 1. The predicted molar refractivity (Wildman–Crippen MR) is 58.6 cm³/mol. The first-order valence-corrected chi connectivity index (χ1v) is 5.11. The highest BCUT2D eigenvalue weighted by molar-refractivity contribution is 9.10. The van der Waals surface area contributed by atoms with Gasteiger partial charge in [0.1, 0.15) is 0 Å². The monoisotopic (exact) mass is 277 g/mol. The van der Waals surface area contributed by atoms with Gasteiger partial charge in [-0.3, -0.25) is 4.79 Å². The van der Waals surface area contributed by atoms with Crippen molar-refractivity contribution in [3.8, 4) is 0 Å². The van der Waals surface area contributed by atoms with E-state index in [1.807, 2.05) is 0 Å². The molecule has 5 heteroatoms. The molecule has 0 aromatic heterocycles. The minimum Gasteiger partial charge on any atom is -0.481 e. The van der Waals surface area contributed by atoms with E-state index in [1.54, 1.807) is 18.2 Å². The first kappa shape index (κ1) is 11.5. The zero-order chi connectivity index (χ0) is 10.7. The van der Waals surface area contributed by atoms with Crippen LogP contribution in [0.5, 0.6) is 0 Å². The van der Waals surface area contributed by atoms with Gasteiger partial charge in [0.2, 0.25) is 0 Å². The summed E-state index contributed by atoms with van der Waals surface area (Å²) in [5.41, 5.74) is 5.91. The van der Waals surface area contributed by atoms with Crippen molar-refractivity contribution in [2.24, 2.45) is 5.73 Å². The van der Waals surface area contributed by atoms with Crippen LogP contribution in [0.1, 0.15) is 11.5 Å². The van der Waals surface area contributed by atoms with Crippen LogP contribution in [-0.4, -0.2) is 17.6 Å². The number of hydrogen-bond acceptors (Lipinski definition) is 2. The average molecular weight is 279 g/mol. The van der Waals surface area contributed by atoms with Gasteiger partial charge in [-0.2, -0.15) is 0 Å².